The molecule has 1 aromatic heterocycles. The Labute approximate surface area is 106 Å². The predicted octanol–water partition coefficient (Wildman–Crippen LogP) is 2.31. The zero-order valence-electron chi connectivity index (χ0n) is 10.8. The summed E-state index contributed by atoms with van der Waals surface area (Å²) in [7, 11) is 0. The Morgan fingerprint density at radius 1 is 1.50 bits per heavy atom. The van der Waals surface area contributed by atoms with Crippen LogP contribution in [-0.4, -0.2) is 4.98 Å². The van der Waals surface area contributed by atoms with Crippen molar-refractivity contribution >= 4 is 0 Å². The molecule has 4 rings (SSSR count). The topological polar surface area (TPSA) is 58.9 Å². The van der Waals surface area contributed by atoms with Gasteiger partial charge in [0.25, 0.3) is 0 Å². The fourth-order valence-corrected chi connectivity index (χ4v) is 3.43. The van der Waals surface area contributed by atoms with Crippen LogP contribution in [0.2, 0.25) is 0 Å². The van der Waals surface area contributed by atoms with Crippen molar-refractivity contribution in [3.8, 4) is 0 Å². The van der Waals surface area contributed by atoms with E-state index in [9.17, 15) is 4.79 Å². The maximum absolute atomic E-state index is 11.5. The summed E-state index contributed by atoms with van der Waals surface area (Å²) in [4.78, 5) is 14.5. The number of hydrogen-bond donors (Lipinski definition) is 2. The zero-order valence-corrected chi connectivity index (χ0v) is 10.8. The lowest BCUT2D eigenvalue weighted by Crippen LogP contribution is -2.42. The van der Waals surface area contributed by atoms with Gasteiger partial charge in [-0.1, -0.05) is 17.7 Å². The molecular formula is C15H18N2O. The van der Waals surface area contributed by atoms with E-state index in [1.165, 1.54) is 11.1 Å². The molecule has 2 bridgehead atoms. The van der Waals surface area contributed by atoms with Crippen molar-refractivity contribution in [2.24, 2.45) is 5.73 Å². The maximum atomic E-state index is 11.5. The Hall–Kier alpha value is -1.61. The van der Waals surface area contributed by atoms with Crippen molar-refractivity contribution < 1.29 is 0 Å². The van der Waals surface area contributed by atoms with Gasteiger partial charge in [0.2, 0.25) is 5.56 Å². The first-order valence-electron chi connectivity index (χ1n) is 6.40. The number of hydrogen-bond acceptors (Lipinski definition) is 2. The number of nitrogens with one attached hydrogen (secondary N) is 1. The Balaban J connectivity index is 2.34. The number of aromatic amines is 1. The van der Waals surface area contributed by atoms with Crippen LogP contribution in [-0.2, 0) is 5.54 Å². The van der Waals surface area contributed by atoms with Crippen molar-refractivity contribution in [2.75, 3.05) is 0 Å². The van der Waals surface area contributed by atoms with E-state index in [4.69, 9.17) is 5.73 Å². The van der Waals surface area contributed by atoms with Crippen LogP contribution in [0.1, 0.15) is 43.9 Å². The Morgan fingerprint density at radius 3 is 3.00 bits per heavy atom. The van der Waals surface area contributed by atoms with Gasteiger partial charge in [-0.25, -0.2) is 0 Å². The van der Waals surface area contributed by atoms with E-state index in [0.29, 0.717) is 0 Å². The van der Waals surface area contributed by atoms with Gasteiger partial charge in [0.05, 0.1) is 5.54 Å². The summed E-state index contributed by atoms with van der Waals surface area (Å²) in [6, 6.07) is 3.48. The van der Waals surface area contributed by atoms with E-state index in [2.05, 4.69) is 24.1 Å². The molecule has 0 saturated heterocycles. The van der Waals surface area contributed by atoms with E-state index in [1.54, 1.807) is 6.07 Å². The highest BCUT2D eigenvalue weighted by Gasteiger charge is 2.42. The molecule has 1 heterocycles. The maximum Gasteiger partial charge on any atom is 0.248 e. The van der Waals surface area contributed by atoms with Gasteiger partial charge in [-0.3, -0.25) is 4.79 Å². The highest BCUT2D eigenvalue weighted by molar-refractivity contribution is 5.49. The van der Waals surface area contributed by atoms with Gasteiger partial charge in [-0.05, 0) is 43.9 Å². The second kappa shape index (κ2) is 3.69. The van der Waals surface area contributed by atoms with E-state index >= 15 is 0 Å². The largest absolute Gasteiger partial charge is 0.325 e. The molecule has 0 spiro atoms. The third-order valence-corrected chi connectivity index (χ3v) is 4.21. The van der Waals surface area contributed by atoms with Crippen LogP contribution in [0.5, 0.6) is 0 Å². The highest BCUT2D eigenvalue weighted by Crippen LogP contribution is 2.49. The van der Waals surface area contributed by atoms with Crippen molar-refractivity contribution in [1.82, 2.24) is 4.98 Å². The Kier molecular flexibility index (Phi) is 2.35. The molecular weight excluding hydrogens is 224 g/mol. The molecule has 1 aromatic rings. The number of allylic oxidation sites excluding steroid dienone is 2. The lowest BCUT2D eigenvalue weighted by Gasteiger charge is -2.38. The molecule has 0 aromatic carbocycles. The molecule has 2 atom stereocenters. The van der Waals surface area contributed by atoms with Crippen LogP contribution in [0, 0.1) is 0 Å². The van der Waals surface area contributed by atoms with Gasteiger partial charge in [0.1, 0.15) is 0 Å². The van der Waals surface area contributed by atoms with E-state index in [-0.39, 0.29) is 11.5 Å². The van der Waals surface area contributed by atoms with Gasteiger partial charge in [-0.15, -0.1) is 0 Å². The molecule has 0 fully saturated rings. The van der Waals surface area contributed by atoms with Crippen LogP contribution in [0.4, 0.5) is 0 Å². The number of pyridine rings is 1. The molecule has 3 aliphatic carbocycles. The standard InChI is InChI=1S/C15H18N2O/c1-3-11-7-10-6-9(2)8-15(11,16)12-4-5-13(18)17-14(10)12/h3-6,10H,7-8,16H2,1-2H3,(H,17,18)/b11-3+. The molecule has 3 nitrogen and oxygen atoms in total. The summed E-state index contributed by atoms with van der Waals surface area (Å²) < 4.78 is 0. The first-order chi connectivity index (χ1) is 8.54. The second-order valence-electron chi connectivity index (χ2n) is 5.44. The van der Waals surface area contributed by atoms with E-state index in [0.717, 1.165) is 24.1 Å². The SMILES string of the molecule is C/C=C1\CC2C=C(C)CC1(N)c1ccc(=O)[nH]c12. The van der Waals surface area contributed by atoms with Crippen LogP contribution in [0.15, 0.2) is 40.2 Å². The summed E-state index contributed by atoms with van der Waals surface area (Å²) in [6.45, 7) is 4.17. The number of H-pyrrole nitrogens is 1. The Morgan fingerprint density at radius 2 is 2.28 bits per heavy atom. The molecule has 3 N–H and O–H groups in total. The average molecular weight is 242 g/mol. The lowest BCUT2D eigenvalue weighted by molar-refractivity contribution is 0.472. The summed E-state index contributed by atoms with van der Waals surface area (Å²) in [5.74, 6) is 0.263. The minimum atomic E-state index is -0.443. The molecule has 94 valence electrons. The summed E-state index contributed by atoms with van der Waals surface area (Å²) in [6.07, 6.45) is 6.13. The van der Waals surface area contributed by atoms with Crippen molar-refractivity contribution in [1.29, 1.82) is 0 Å². The first-order valence-corrected chi connectivity index (χ1v) is 6.40. The molecule has 18 heavy (non-hydrogen) atoms. The molecule has 0 saturated carbocycles. The summed E-state index contributed by atoms with van der Waals surface area (Å²) >= 11 is 0. The van der Waals surface area contributed by atoms with Crippen LogP contribution < -0.4 is 11.3 Å². The van der Waals surface area contributed by atoms with E-state index in [1.807, 2.05) is 13.0 Å². The van der Waals surface area contributed by atoms with Crippen molar-refractivity contribution in [2.45, 2.75) is 38.1 Å². The normalized spacial score (nSPS) is 32.1. The number of nitrogens with two attached hydrogens (primary N) is 1. The second-order valence-corrected chi connectivity index (χ2v) is 5.44. The molecule has 0 aliphatic heterocycles. The number of rotatable bonds is 0. The predicted molar refractivity (Wildman–Crippen MR) is 72.4 cm³/mol. The molecule has 2 unspecified atom stereocenters. The molecule has 0 radical (unpaired) electrons. The van der Waals surface area contributed by atoms with Crippen LogP contribution >= 0.6 is 0 Å². The van der Waals surface area contributed by atoms with Gasteiger partial charge in [-0.2, -0.15) is 0 Å². The number of fused-ring (bicyclic) bond motifs is 2. The van der Waals surface area contributed by atoms with Crippen molar-refractivity contribution in [3.63, 3.8) is 0 Å². The monoisotopic (exact) mass is 242 g/mol. The van der Waals surface area contributed by atoms with E-state index < -0.39 is 5.54 Å². The van der Waals surface area contributed by atoms with Gasteiger partial charge in [0, 0.05) is 17.7 Å². The van der Waals surface area contributed by atoms with Crippen LogP contribution in [0.25, 0.3) is 0 Å². The van der Waals surface area contributed by atoms with Crippen molar-refractivity contribution in [3.05, 3.63) is 57.0 Å². The van der Waals surface area contributed by atoms with Gasteiger partial charge in [0.15, 0.2) is 0 Å². The van der Waals surface area contributed by atoms with Gasteiger partial charge >= 0.3 is 0 Å². The average Bonchev–Trinajstić information content (AvgIpc) is 2.51. The highest BCUT2D eigenvalue weighted by atomic mass is 16.1. The summed E-state index contributed by atoms with van der Waals surface area (Å²) in [5.41, 5.74) is 10.9. The minimum Gasteiger partial charge on any atom is -0.325 e. The molecule has 3 aliphatic rings. The fourth-order valence-electron chi connectivity index (χ4n) is 3.43. The Bertz CT molecular complexity index is 624. The third-order valence-electron chi connectivity index (χ3n) is 4.21. The molecule has 0 amide bonds. The molecule has 3 heteroatoms. The quantitative estimate of drug-likeness (QED) is 0.686. The smallest absolute Gasteiger partial charge is 0.248 e. The first kappa shape index (κ1) is 11.5. The minimum absolute atomic E-state index is 0.0435. The lowest BCUT2D eigenvalue weighted by atomic mass is 9.71. The number of aromatic nitrogens is 1. The summed E-state index contributed by atoms with van der Waals surface area (Å²) in [5, 5.41) is 0. The third kappa shape index (κ3) is 1.44. The zero-order chi connectivity index (χ0) is 12.9. The fraction of sp³-hybridized carbons (Fsp3) is 0.400. The van der Waals surface area contributed by atoms with Crippen LogP contribution in [0.3, 0.4) is 0 Å². The van der Waals surface area contributed by atoms with Gasteiger partial charge < -0.3 is 10.7 Å².